The molecular formula is C15H15N3. The molecule has 90 valence electrons. The van der Waals surface area contributed by atoms with E-state index in [4.69, 9.17) is 0 Å². The number of fused-ring (bicyclic) bond motifs is 1. The van der Waals surface area contributed by atoms with Gasteiger partial charge in [0.15, 0.2) is 0 Å². The third-order valence-electron chi connectivity index (χ3n) is 3.61. The average molecular weight is 237 g/mol. The van der Waals surface area contributed by atoms with Gasteiger partial charge in [-0.05, 0) is 24.5 Å². The summed E-state index contributed by atoms with van der Waals surface area (Å²) in [4.78, 5) is 4.56. The molecule has 0 aliphatic heterocycles. The Balaban J connectivity index is 1.97. The molecule has 1 heterocycles. The van der Waals surface area contributed by atoms with Crippen LogP contribution >= 0.6 is 0 Å². The Labute approximate surface area is 106 Å². The molecule has 1 aliphatic rings. The highest BCUT2D eigenvalue weighted by Gasteiger charge is 2.35. The van der Waals surface area contributed by atoms with E-state index in [2.05, 4.69) is 23.3 Å². The third kappa shape index (κ3) is 1.91. The molecule has 1 fully saturated rings. The molecule has 1 saturated carbocycles. The molecule has 1 aromatic carbocycles. The Morgan fingerprint density at radius 2 is 2.28 bits per heavy atom. The van der Waals surface area contributed by atoms with Gasteiger partial charge in [-0.1, -0.05) is 31.5 Å². The van der Waals surface area contributed by atoms with Gasteiger partial charge in [-0.2, -0.15) is 5.26 Å². The number of anilines is 1. The van der Waals surface area contributed by atoms with Gasteiger partial charge in [-0.25, -0.2) is 4.98 Å². The van der Waals surface area contributed by atoms with Crippen molar-refractivity contribution in [2.45, 2.75) is 25.8 Å². The molecule has 1 aromatic heterocycles. The van der Waals surface area contributed by atoms with Gasteiger partial charge in [0, 0.05) is 11.4 Å². The van der Waals surface area contributed by atoms with Crippen molar-refractivity contribution in [3.8, 4) is 6.07 Å². The summed E-state index contributed by atoms with van der Waals surface area (Å²) in [6.07, 6.45) is 2.38. The number of nitrogens with zero attached hydrogens (tertiary/aromatic N) is 2. The number of aromatic nitrogens is 1. The standard InChI is InChI=1S/C15H15N3/c1-2-10-8-14(10)18-15-12(9-16)7-11-5-3-4-6-13(11)17-15/h3-7,10,14H,2,8H2,1H3,(H,17,18). The lowest BCUT2D eigenvalue weighted by molar-refractivity contribution is 0.773. The van der Waals surface area contributed by atoms with Crippen LogP contribution in [0.3, 0.4) is 0 Å². The summed E-state index contributed by atoms with van der Waals surface area (Å²) < 4.78 is 0. The number of hydrogen-bond donors (Lipinski definition) is 1. The van der Waals surface area contributed by atoms with Gasteiger partial charge < -0.3 is 5.32 Å². The molecule has 2 unspecified atom stereocenters. The van der Waals surface area contributed by atoms with E-state index in [1.165, 1.54) is 12.8 Å². The fourth-order valence-corrected chi connectivity index (χ4v) is 2.36. The van der Waals surface area contributed by atoms with Crippen molar-refractivity contribution in [3.63, 3.8) is 0 Å². The monoisotopic (exact) mass is 237 g/mol. The van der Waals surface area contributed by atoms with Crippen molar-refractivity contribution >= 4 is 16.7 Å². The molecule has 18 heavy (non-hydrogen) atoms. The van der Waals surface area contributed by atoms with Crippen molar-refractivity contribution in [2.75, 3.05) is 5.32 Å². The maximum absolute atomic E-state index is 9.20. The van der Waals surface area contributed by atoms with Gasteiger partial charge in [0.25, 0.3) is 0 Å². The minimum atomic E-state index is 0.496. The second-order valence-corrected chi connectivity index (χ2v) is 4.84. The molecule has 0 radical (unpaired) electrons. The topological polar surface area (TPSA) is 48.7 Å². The predicted molar refractivity (Wildman–Crippen MR) is 72.3 cm³/mol. The summed E-state index contributed by atoms with van der Waals surface area (Å²) in [6, 6.07) is 12.5. The number of nitrogens with one attached hydrogen (secondary N) is 1. The zero-order valence-corrected chi connectivity index (χ0v) is 10.4. The Bertz CT molecular complexity index is 627. The summed E-state index contributed by atoms with van der Waals surface area (Å²) in [5.41, 5.74) is 1.57. The van der Waals surface area contributed by atoms with E-state index < -0.39 is 0 Å². The summed E-state index contributed by atoms with van der Waals surface area (Å²) in [7, 11) is 0. The van der Waals surface area contributed by atoms with E-state index >= 15 is 0 Å². The minimum Gasteiger partial charge on any atom is -0.366 e. The fraction of sp³-hybridized carbons (Fsp3) is 0.333. The van der Waals surface area contributed by atoms with Crippen LogP contribution < -0.4 is 5.32 Å². The lowest BCUT2D eigenvalue weighted by Crippen LogP contribution is -2.07. The number of pyridine rings is 1. The smallest absolute Gasteiger partial charge is 0.144 e. The highest BCUT2D eigenvalue weighted by atomic mass is 15.1. The second-order valence-electron chi connectivity index (χ2n) is 4.84. The lowest BCUT2D eigenvalue weighted by atomic mass is 10.1. The third-order valence-corrected chi connectivity index (χ3v) is 3.61. The van der Waals surface area contributed by atoms with Crippen LogP contribution in [-0.4, -0.2) is 11.0 Å². The van der Waals surface area contributed by atoms with Crippen LogP contribution in [0.1, 0.15) is 25.3 Å². The van der Waals surface area contributed by atoms with Gasteiger partial charge in [-0.3, -0.25) is 0 Å². The van der Waals surface area contributed by atoms with Gasteiger partial charge in [0.05, 0.1) is 11.1 Å². The first-order valence-corrected chi connectivity index (χ1v) is 6.38. The Morgan fingerprint density at radius 1 is 1.44 bits per heavy atom. The van der Waals surface area contributed by atoms with Gasteiger partial charge in [-0.15, -0.1) is 0 Å². The van der Waals surface area contributed by atoms with Crippen LogP contribution in [0, 0.1) is 17.2 Å². The summed E-state index contributed by atoms with van der Waals surface area (Å²) >= 11 is 0. The molecule has 1 aliphatic carbocycles. The van der Waals surface area contributed by atoms with Gasteiger partial charge >= 0.3 is 0 Å². The minimum absolute atomic E-state index is 0.496. The van der Waals surface area contributed by atoms with Crippen LogP contribution in [0.5, 0.6) is 0 Å². The molecule has 2 aromatic rings. The molecule has 2 atom stereocenters. The van der Waals surface area contributed by atoms with Crippen LogP contribution in [0.4, 0.5) is 5.82 Å². The summed E-state index contributed by atoms with van der Waals surface area (Å²) in [5.74, 6) is 1.47. The molecule has 0 saturated heterocycles. The second kappa shape index (κ2) is 4.30. The Morgan fingerprint density at radius 3 is 3.00 bits per heavy atom. The van der Waals surface area contributed by atoms with E-state index in [0.717, 1.165) is 22.6 Å². The van der Waals surface area contributed by atoms with Crippen molar-refractivity contribution in [2.24, 2.45) is 5.92 Å². The largest absolute Gasteiger partial charge is 0.366 e. The predicted octanol–water partition coefficient (Wildman–Crippen LogP) is 3.32. The Kier molecular flexibility index (Phi) is 2.64. The van der Waals surface area contributed by atoms with Crippen LogP contribution in [-0.2, 0) is 0 Å². The SMILES string of the molecule is CCC1CC1Nc1nc2ccccc2cc1C#N. The number of rotatable bonds is 3. The summed E-state index contributed by atoms with van der Waals surface area (Å²) in [5, 5.41) is 13.6. The van der Waals surface area contributed by atoms with Crippen LogP contribution in [0.2, 0.25) is 0 Å². The molecule has 0 spiro atoms. The molecule has 3 rings (SSSR count). The van der Waals surface area contributed by atoms with E-state index in [-0.39, 0.29) is 0 Å². The number of hydrogen-bond acceptors (Lipinski definition) is 3. The average Bonchev–Trinajstić information content (AvgIpc) is 3.16. The summed E-state index contributed by atoms with van der Waals surface area (Å²) in [6.45, 7) is 2.20. The number of benzene rings is 1. The zero-order chi connectivity index (χ0) is 12.5. The maximum atomic E-state index is 9.20. The first kappa shape index (κ1) is 11.0. The van der Waals surface area contributed by atoms with Crippen LogP contribution in [0.25, 0.3) is 10.9 Å². The fourth-order valence-electron chi connectivity index (χ4n) is 2.36. The van der Waals surface area contributed by atoms with Gasteiger partial charge in [0.1, 0.15) is 11.9 Å². The van der Waals surface area contributed by atoms with E-state index in [9.17, 15) is 5.26 Å². The number of para-hydroxylation sites is 1. The highest BCUT2D eigenvalue weighted by molar-refractivity contribution is 5.82. The van der Waals surface area contributed by atoms with Crippen molar-refractivity contribution < 1.29 is 0 Å². The normalized spacial score (nSPS) is 21.6. The highest BCUT2D eigenvalue weighted by Crippen LogP contribution is 2.36. The molecule has 3 heteroatoms. The van der Waals surface area contributed by atoms with Crippen LogP contribution in [0.15, 0.2) is 30.3 Å². The van der Waals surface area contributed by atoms with Gasteiger partial charge in [0.2, 0.25) is 0 Å². The molecule has 3 nitrogen and oxygen atoms in total. The maximum Gasteiger partial charge on any atom is 0.144 e. The van der Waals surface area contributed by atoms with E-state index in [0.29, 0.717) is 11.6 Å². The molecule has 0 bridgehead atoms. The zero-order valence-electron chi connectivity index (χ0n) is 10.4. The van der Waals surface area contributed by atoms with E-state index in [1.807, 2.05) is 30.3 Å². The number of nitriles is 1. The van der Waals surface area contributed by atoms with Crippen molar-refractivity contribution in [3.05, 3.63) is 35.9 Å². The molecule has 0 amide bonds. The quantitative estimate of drug-likeness (QED) is 0.890. The lowest BCUT2D eigenvalue weighted by Gasteiger charge is -2.08. The first-order valence-electron chi connectivity index (χ1n) is 6.38. The van der Waals surface area contributed by atoms with E-state index in [1.54, 1.807) is 0 Å². The Hall–Kier alpha value is -2.08. The van der Waals surface area contributed by atoms with Crippen molar-refractivity contribution in [1.82, 2.24) is 4.98 Å². The van der Waals surface area contributed by atoms with Crippen molar-refractivity contribution in [1.29, 1.82) is 5.26 Å². The molecule has 1 N–H and O–H groups in total. The molecular weight excluding hydrogens is 222 g/mol. The first-order chi connectivity index (χ1) is 8.81.